The molecule has 2 aromatic rings. The summed E-state index contributed by atoms with van der Waals surface area (Å²) in [4.78, 5) is 10.9. The third kappa shape index (κ3) is 3.03. The number of hydrogen-bond acceptors (Lipinski definition) is 5. The summed E-state index contributed by atoms with van der Waals surface area (Å²) in [5, 5.41) is 9.59. The third-order valence-corrected chi connectivity index (χ3v) is 3.00. The van der Waals surface area contributed by atoms with E-state index in [1.54, 1.807) is 24.3 Å². The number of aromatic nitrogens is 2. The summed E-state index contributed by atoms with van der Waals surface area (Å²) in [5.41, 5.74) is 7.78. The molecule has 0 aliphatic rings. The molecule has 0 aliphatic carbocycles. The molecular weight excluding hydrogens is 272 g/mol. The molecule has 0 aliphatic heterocycles. The van der Waals surface area contributed by atoms with Crippen molar-refractivity contribution in [3.63, 3.8) is 0 Å². The second-order valence-corrected chi connectivity index (χ2v) is 4.76. The minimum Gasteiger partial charge on any atom is -0.508 e. The molecule has 20 heavy (non-hydrogen) atoms. The molecule has 1 aromatic heterocycles. The highest BCUT2D eigenvalue weighted by molar-refractivity contribution is 7.80. The topological polar surface area (TPSA) is 75.3 Å². The Balaban J connectivity index is 2.49. The average molecular weight is 288 g/mol. The number of rotatable bonds is 4. The van der Waals surface area contributed by atoms with Crippen molar-refractivity contribution in [2.45, 2.75) is 13.8 Å². The van der Waals surface area contributed by atoms with Crippen LogP contribution in [-0.2, 0) is 0 Å². The van der Waals surface area contributed by atoms with Crippen molar-refractivity contribution >= 4 is 28.8 Å². The van der Waals surface area contributed by atoms with E-state index in [-0.39, 0.29) is 10.7 Å². The molecular formula is C14H16N4OS. The molecule has 2 rings (SSSR count). The Labute approximate surface area is 123 Å². The van der Waals surface area contributed by atoms with Crippen LogP contribution < -0.4 is 10.6 Å². The van der Waals surface area contributed by atoms with E-state index in [1.165, 1.54) is 0 Å². The Hall–Kier alpha value is -2.21. The van der Waals surface area contributed by atoms with Gasteiger partial charge in [0, 0.05) is 24.0 Å². The first-order chi connectivity index (χ1) is 9.51. The van der Waals surface area contributed by atoms with Gasteiger partial charge in [-0.15, -0.1) is 0 Å². The average Bonchev–Trinajstić information content (AvgIpc) is 2.39. The standard InChI is InChI=1S/C14H16N4OS/c1-3-18(10-5-4-6-11(19)8-10)14-16-9(2)7-12(17-14)13(15)20/h4-8,19H,3H2,1-2H3,(H2,15,20). The molecule has 3 N–H and O–H groups in total. The van der Waals surface area contributed by atoms with Crippen LogP contribution in [0.25, 0.3) is 0 Å². The Kier molecular flexibility index (Phi) is 4.14. The molecule has 0 amide bonds. The summed E-state index contributed by atoms with van der Waals surface area (Å²) in [6.07, 6.45) is 0. The lowest BCUT2D eigenvalue weighted by molar-refractivity contribution is 0.475. The molecule has 0 atom stereocenters. The third-order valence-electron chi connectivity index (χ3n) is 2.79. The first-order valence-corrected chi connectivity index (χ1v) is 6.64. The van der Waals surface area contributed by atoms with E-state index in [1.807, 2.05) is 24.8 Å². The van der Waals surface area contributed by atoms with Crippen LogP contribution in [0.15, 0.2) is 30.3 Å². The van der Waals surface area contributed by atoms with Crippen LogP contribution in [0.1, 0.15) is 18.3 Å². The number of thiocarbonyl (C=S) groups is 1. The van der Waals surface area contributed by atoms with E-state index in [0.29, 0.717) is 18.2 Å². The predicted octanol–water partition coefficient (Wildman–Crippen LogP) is 2.28. The fourth-order valence-corrected chi connectivity index (χ4v) is 2.00. The van der Waals surface area contributed by atoms with Crippen LogP contribution in [0.2, 0.25) is 0 Å². The van der Waals surface area contributed by atoms with Gasteiger partial charge in [-0.3, -0.25) is 0 Å². The SMILES string of the molecule is CCN(c1cccc(O)c1)c1nc(C)cc(C(N)=S)n1. The first kappa shape index (κ1) is 14.2. The monoisotopic (exact) mass is 288 g/mol. The fraction of sp³-hybridized carbons (Fsp3) is 0.214. The molecule has 104 valence electrons. The first-order valence-electron chi connectivity index (χ1n) is 6.23. The van der Waals surface area contributed by atoms with Crippen molar-refractivity contribution in [1.29, 1.82) is 0 Å². The van der Waals surface area contributed by atoms with E-state index in [0.717, 1.165) is 11.4 Å². The summed E-state index contributed by atoms with van der Waals surface area (Å²) >= 11 is 4.97. The lowest BCUT2D eigenvalue weighted by atomic mass is 10.2. The van der Waals surface area contributed by atoms with Crippen molar-refractivity contribution in [3.05, 3.63) is 41.7 Å². The number of hydrogen-bond donors (Lipinski definition) is 2. The summed E-state index contributed by atoms with van der Waals surface area (Å²) in [7, 11) is 0. The van der Waals surface area contributed by atoms with Gasteiger partial charge >= 0.3 is 0 Å². The van der Waals surface area contributed by atoms with Crippen LogP contribution in [0.3, 0.4) is 0 Å². The van der Waals surface area contributed by atoms with E-state index in [2.05, 4.69) is 9.97 Å². The Morgan fingerprint density at radius 2 is 2.10 bits per heavy atom. The van der Waals surface area contributed by atoms with Crippen molar-refractivity contribution in [3.8, 4) is 5.75 Å². The minimum absolute atomic E-state index is 0.197. The van der Waals surface area contributed by atoms with Crippen LogP contribution in [0, 0.1) is 6.92 Å². The number of aryl methyl sites for hydroxylation is 1. The van der Waals surface area contributed by atoms with Gasteiger partial charge in [-0.2, -0.15) is 0 Å². The second-order valence-electron chi connectivity index (χ2n) is 4.32. The zero-order valence-electron chi connectivity index (χ0n) is 11.4. The van der Waals surface area contributed by atoms with Gasteiger partial charge in [0.15, 0.2) is 0 Å². The number of nitrogens with two attached hydrogens (primary N) is 1. The van der Waals surface area contributed by atoms with Gasteiger partial charge in [-0.25, -0.2) is 9.97 Å². The summed E-state index contributed by atoms with van der Waals surface area (Å²) < 4.78 is 0. The van der Waals surface area contributed by atoms with Gasteiger partial charge in [0.1, 0.15) is 16.4 Å². The lowest BCUT2D eigenvalue weighted by Crippen LogP contribution is -2.21. The number of phenolic OH excluding ortho intramolecular Hbond substituents is 1. The van der Waals surface area contributed by atoms with Crippen LogP contribution >= 0.6 is 12.2 Å². The Morgan fingerprint density at radius 1 is 1.35 bits per heavy atom. The Bertz CT molecular complexity index is 645. The lowest BCUT2D eigenvalue weighted by Gasteiger charge is -2.21. The highest BCUT2D eigenvalue weighted by Crippen LogP contribution is 2.25. The summed E-state index contributed by atoms with van der Waals surface area (Å²) in [6, 6.07) is 8.69. The van der Waals surface area contributed by atoms with Crippen molar-refractivity contribution in [2.75, 3.05) is 11.4 Å². The largest absolute Gasteiger partial charge is 0.508 e. The van der Waals surface area contributed by atoms with E-state index in [9.17, 15) is 5.11 Å². The molecule has 0 saturated carbocycles. The normalized spacial score (nSPS) is 10.3. The highest BCUT2D eigenvalue weighted by Gasteiger charge is 2.13. The maximum atomic E-state index is 9.59. The van der Waals surface area contributed by atoms with Crippen LogP contribution in [-0.4, -0.2) is 26.6 Å². The number of nitrogens with zero attached hydrogens (tertiary/aromatic N) is 3. The van der Waals surface area contributed by atoms with Gasteiger partial charge in [0.2, 0.25) is 5.95 Å². The summed E-state index contributed by atoms with van der Waals surface area (Å²) in [5.74, 6) is 0.712. The molecule has 0 saturated heterocycles. The van der Waals surface area contributed by atoms with Gasteiger partial charge in [-0.05, 0) is 32.0 Å². The second kappa shape index (κ2) is 5.83. The maximum Gasteiger partial charge on any atom is 0.230 e. The van der Waals surface area contributed by atoms with Crippen molar-refractivity contribution < 1.29 is 5.11 Å². The Morgan fingerprint density at radius 3 is 2.70 bits per heavy atom. The van der Waals surface area contributed by atoms with Gasteiger partial charge < -0.3 is 15.7 Å². The molecule has 0 bridgehead atoms. The molecule has 5 nitrogen and oxygen atoms in total. The molecule has 0 spiro atoms. The summed E-state index contributed by atoms with van der Waals surface area (Å²) in [6.45, 7) is 4.50. The molecule has 0 radical (unpaired) electrons. The van der Waals surface area contributed by atoms with Crippen LogP contribution in [0.5, 0.6) is 5.75 Å². The van der Waals surface area contributed by atoms with Crippen molar-refractivity contribution in [2.24, 2.45) is 5.73 Å². The quantitative estimate of drug-likeness (QED) is 0.841. The minimum atomic E-state index is 0.197. The molecule has 1 heterocycles. The zero-order valence-corrected chi connectivity index (χ0v) is 12.2. The number of aromatic hydroxyl groups is 1. The smallest absolute Gasteiger partial charge is 0.230 e. The zero-order chi connectivity index (χ0) is 14.7. The maximum absolute atomic E-state index is 9.59. The molecule has 6 heteroatoms. The van der Waals surface area contributed by atoms with Gasteiger partial charge in [-0.1, -0.05) is 18.3 Å². The molecule has 1 aromatic carbocycles. The van der Waals surface area contributed by atoms with E-state index >= 15 is 0 Å². The number of benzene rings is 1. The van der Waals surface area contributed by atoms with E-state index < -0.39 is 0 Å². The molecule has 0 unspecified atom stereocenters. The van der Waals surface area contributed by atoms with Crippen LogP contribution in [0.4, 0.5) is 11.6 Å². The van der Waals surface area contributed by atoms with Crippen molar-refractivity contribution in [1.82, 2.24) is 9.97 Å². The fourth-order valence-electron chi connectivity index (χ4n) is 1.90. The predicted molar refractivity (Wildman–Crippen MR) is 83.4 cm³/mol. The molecule has 0 fully saturated rings. The highest BCUT2D eigenvalue weighted by atomic mass is 32.1. The number of phenols is 1. The van der Waals surface area contributed by atoms with Gasteiger partial charge in [0.25, 0.3) is 0 Å². The number of anilines is 2. The van der Waals surface area contributed by atoms with Gasteiger partial charge in [0.05, 0.1) is 0 Å². The van der Waals surface area contributed by atoms with E-state index in [4.69, 9.17) is 18.0 Å².